The fourth-order valence-electron chi connectivity index (χ4n) is 2.46. The Kier molecular flexibility index (Phi) is 3.82. The number of fused-ring (bicyclic) bond motifs is 1. The van der Waals surface area contributed by atoms with Crippen molar-refractivity contribution in [3.8, 4) is 5.75 Å². The molecule has 1 aliphatic rings. The molecule has 3 nitrogen and oxygen atoms in total. The Labute approximate surface area is 117 Å². The first-order valence-electron chi connectivity index (χ1n) is 6.56. The lowest BCUT2D eigenvalue weighted by Crippen LogP contribution is -2.32. The third kappa shape index (κ3) is 2.81. The van der Waals surface area contributed by atoms with Gasteiger partial charge in [0, 0.05) is 37.3 Å². The molecule has 0 saturated carbocycles. The maximum Gasteiger partial charge on any atom is 0.137 e. The fraction of sp³-hybridized carbons (Fsp3) is 0.333. The van der Waals surface area contributed by atoms with Gasteiger partial charge in [-0.2, -0.15) is 11.3 Å². The summed E-state index contributed by atoms with van der Waals surface area (Å²) in [7, 11) is 0. The lowest BCUT2D eigenvalue weighted by molar-refractivity contribution is 0.151. The van der Waals surface area contributed by atoms with Gasteiger partial charge >= 0.3 is 0 Å². The smallest absolute Gasteiger partial charge is 0.137 e. The van der Waals surface area contributed by atoms with Crippen LogP contribution in [0.4, 0.5) is 0 Å². The van der Waals surface area contributed by atoms with Crippen molar-refractivity contribution in [3.63, 3.8) is 0 Å². The van der Waals surface area contributed by atoms with Crippen LogP contribution in [-0.2, 0) is 6.54 Å². The number of para-hydroxylation sites is 1. The molecule has 100 valence electrons. The molecule has 4 heteroatoms. The molecule has 1 atom stereocenters. The molecule has 0 fully saturated rings. The van der Waals surface area contributed by atoms with E-state index in [1.165, 1.54) is 11.1 Å². The second-order valence-electron chi connectivity index (χ2n) is 4.79. The van der Waals surface area contributed by atoms with Gasteiger partial charge < -0.3 is 10.5 Å². The van der Waals surface area contributed by atoms with Crippen molar-refractivity contribution in [2.45, 2.75) is 12.6 Å². The van der Waals surface area contributed by atoms with Gasteiger partial charge in [0.1, 0.15) is 11.9 Å². The van der Waals surface area contributed by atoms with Crippen LogP contribution < -0.4 is 10.5 Å². The summed E-state index contributed by atoms with van der Waals surface area (Å²) in [6, 6.07) is 10.4. The van der Waals surface area contributed by atoms with Gasteiger partial charge in [0.15, 0.2) is 0 Å². The van der Waals surface area contributed by atoms with Crippen LogP contribution in [0.2, 0.25) is 0 Å². The first-order chi connectivity index (χ1) is 9.36. The SMILES string of the molecule is NCCN1Cc2ccccc2OC(c2ccsc2)C1. The molecule has 2 heterocycles. The molecule has 0 amide bonds. The molecule has 0 spiro atoms. The Balaban J connectivity index is 1.91. The molecule has 19 heavy (non-hydrogen) atoms. The number of rotatable bonds is 3. The highest BCUT2D eigenvalue weighted by molar-refractivity contribution is 7.07. The minimum Gasteiger partial charge on any atom is -0.484 e. The van der Waals surface area contributed by atoms with E-state index in [1.807, 2.05) is 6.07 Å². The molecule has 1 aliphatic heterocycles. The van der Waals surface area contributed by atoms with Gasteiger partial charge in [0.05, 0.1) is 0 Å². The Hall–Kier alpha value is -1.36. The second kappa shape index (κ2) is 5.74. The van der Waals surface area contributed by atoms with E-state index in [0.717, 1.165) is 25.4 Å². The van der Waals surface area contributed by atoms with E-state index in [4.69, 9.17) is 10.5 Å². The summed E-state index contributed by atoms with van der Waals surface area (Å²) in [5.41, 5.74) is 8.21. The molecule has 0 saturated heterocycles. The number of ether oxygens (including phenoxy) is 1. The van der Waals surface area contributed by atoms with Gasteiger partial charge in [-0.25, -0.2) is 0 Å². The molecule has 1 aromatic carbocycles. The molecule has 0 aliphatic carbocycles. The van der Waals surface area contributed by atoms with Crippen LogP contribution in [0.25, 0.3) is 0 Å². The standard InChI is InChI=1S/C15H18N2OS/c16-6-7-17-9-12-3-1-2-4-14(12)18-15(10-17)13-5-8-19-11-13/h1-5,8,11,15H,6-7,9-10,16H2. The van der Waals surface area contributed by atoms with E-state index in [0.29, 0.717) is 6.54 Å². The van der Waals surface area contributed by atoms with E-state index in [9.17, 15) is 0 Å². The highest BCUT2D eigenvalue weighted by Crippen LogP contribution is 2.31. The van der Waals surface area contributed by atoms with Crippen molar-refractivity contribution in [1.82, 2.24) is 4.90 Å². The summed E-state index contributed by atoms with van der Waals surface area (Å²) in [6.07, 6.45) is 0.0986. The number of hydrogen-bond acceptors (Lipinski definition) is 4. The van der Waals surface area contributed by atoms with Crippen molar-refractivity contribution in [1.29, 1.82) is 0 Å². The van der Waals surface area contributed by atoms with Crippen LogP contribution in [0.5, 0.6) is 5.75 Å². The summed E-state index contributed by atoms with van der Waals surface area (Å²) in [5.74, 6) is 0.998. The number of benzene rings is 1. The summed E-state index contributed by atoms with van der Waals surface area (Å²) in [6.45, 7) is 3.38. The first-order valence-corrected chi connectivity index (χ1v) is 7.50. The Morgan fingerprint density at radius 3 is 3.00 bits per heavy atom. The van der Waals surface area contributed by atoms with Crippen LogP contribution in [0, 0.1) is 0 Å². The van der Waals surface area contributed by atoms with E-state index in [1.54, 1.807) is 11.3 Å². The van der Waals surface area contributed by atoms with Crippen molar-refractivity contribution >= 4 is 11.3 Å². The molecule has 0 radical (unpaired) electrons. The molecule has 0 bridgehead atoms. The number of thiophene rings is 1. The zero-order chi connectivity index (χ0) is 13.1. The topological polar surface area (TPSA) is 38.5 Å². The number of nitrogens with zero attached hydrogens (tertiary/aromatic N) is 1. The third-order valence-electron chi connectivity index (χ3n) is 3.42. The van der Waals surface area contributed by atoms with Crippen molar-refractivity contribution in [2.24, 2.45) is 5.73 Å². The van der Waals surface area contributed by atoms with Crippen LogP contribution in [-0.4, -0.2) is 24.5 Å². The normalized spacial score (nSPS) is 19.5. The van der Waals surface area contributed by atoms with E-state index < -0.39 is 0 Å². The highest BCUT2D eigenvalue weighted by atomic mass is 32.1. The Morgan fingerprint density at radius 1 is 1.32 bits per heavy atom. The first kappa shape index (κ1) is 12.7. The zero-order valence-corrected chi connectivity index (χ0v) is 11.6. The summed E-state index contributed by atoms with van der Waals surface area (Å²) >= 11 is 1.71. The van der Waals surface area contributed by atoms with Crippen LogP contribution in [0.15, 0.2) is 41.1 Å². The summed E-state index contributed by atoms with van der Waals surface area (Å²) < 4.78 is 6.20. The molecule has 2 aromatic rings. The van der Waals surface area contributed by atoms with E-state index in [-0.39, 0.29) is 6.10 Å². The minimum atomic E-state index is 0.0986. The van der Waals surface area contributed by atoms with Crippen LogP contribution in [0.3, 0.4) is 0 Å². The van der Waals surface area contributed by atoms with Gasteiger partial charge in [-0.15, -0.1) is 0 Å². The minimum absolute atomic E-state index is 0.0986. The lowest BCUT2D eigenvalue weighted by Gasteiger charge is -2.22. The molecule has 1 aromatic heterocycles. The molecule has 1 unspecified atom stereocenters. The van der Waals surface area contributed by atoms with Gasteiger partial charge in [-0.05, 0) is 22.9 Å². The quantitative estimate of drug-likeness (QED) is 0.935. The highest BCUT2D eigenvalue weighted by Gasteiger charge is 2.23. The monoisotopic (exact) mass is 274 g/mol. The zero-order valence-electron chi connectivity index (χ0n) is 10.8. The van der Waals surface area contributed by atoms with Crippen molar-refractivity contribution in [2.75, 3.05) is 19.6 Å². The molecular weight excluding hydrogens is 256 g/mol. The van der Waals surface area contributed by atoms with Crippen LogP contribution >= 0.6 is 11.3 Å². The largest absolute Gasteiger partial charge is 0.484 e. The third-order valence-corrected chi connectivity index (χ3v) is 4.12. The molecule has 2 N–H and O–H groups in total. The van der Waals surface area contributed by atoms with E-state index >= 15 is 0 Å². The summed E-state index contributed by atoms with van der Waals surface area (Å²) in [4.78, 5) is 2.37. The van der Waals surface area contributed by atoms with Gasteiger partial charge in [0.2, 0.25) is 0 Å². The summed E-state index contributed by atoms with van der Waals surface area (Å²) in [5, 5.41) is 4.27. The predicted molar refractivity (Wildman–Crippen MR) is 78.5 cm³/mol. The average molecular weight is 274 g/mol. The molecule has 3 rings (SSSR count). The fourth-order valence-corrected chi connectivity index (χ4v) is 3.17. The average Bonchev–Trinajstić information content (AvgIpc) is 2.88. The van der Waals surface area contributed by atoms with Gasteiger partial charge in [-0.1, -0.05) is 18.2 Å². The number of hydrogen-bond donors (Lipinski definition) is 1. The Morgan fingerprint density at radius 2 is 2.21 bits per heavy atom. The maximum absolute atomic E-state index is 6.20. The van der Waals surface area contributed by atoms with Crippen LogP contribution in [0.1, 0.15) is 17.2 Å². The lowest BCUT2D eigenvalue weighted by atomic mass is 10.2. The van der Waals surface area contributed by atoms with Gasteiger partial charge in [0.25, 0.3) is 0 Å². The Bertz CT molecular complexity index is 527. The second-order valence-corrected chi connectivity index (χ2v) is 5.57. The van der Waals surface area contributed by atoms with Crippen molar-refractivity contribution in [3.05, 3.63) is 52.2 Å². The maximum atomic E-state index is 6.20. The predicted octanol–water partition coefficient (Wildman–Crippen LogP) is 2.64. The molecular formula is C15H18N2OS. The van der Waals surface area contributed by atoms with Gasteiger partial charge in [-0.3, -0.25) is 4.90 Å². The van der Waals surface area contributed by atoms with Crippen molar-refractivity contribution < 1.29 is 4.74 Å². The van der Waals surface area contributed by atoms with E-state index in [2.05, 4.69) is 39.9 Å². The number of nitrogens with two attached hydrogens (primary N) is 1.